The highest BCUT2D eigenvalue weighted by Crippen LogP contribution is 2.54. The third-order valence-electron chi connectivity index (χ3n) is 6.55. The van der Waals surface area contributed by atoms with Crippen LogP contribution >= 0.6 is 0 Å². The number of nitrogens with zero attached hydrogens (tertiary/aromatic N) is 1. The lowest BCUT2D eigenvalue weighted by Gasteiger charge is -2.35. The summed E-state index contributed by atoms with van der Waals surface area (Å²) in [6, 6.07) is 3.08. The predicted octanol–water partition coefficient (Wildman–Crippen LogP) is 1.20. The fourth-order valence-corrected chi connectivity index (χ4v) is 5.12. The molecule has 1 aromatic carbocycles. The van der Waals surface area contributed by atoms with E-state index < -0.39 is 35.1 Å². The van der Waals surface area contributed by atoms with Gasteiger partial charge < -0.3 is 10.4 Å². The number of nitrogens with one attached hydrogen (secondary N) is 2. The van der Waals surface area contributed by atoms with E-state index in [4.69, 9.17) is 0 Å². The molecule has 3 aliphatic rings. The van der Waals surface area contributed by atoms with Gasteiger partial charge in [0.15, 0.2) is 0 Å². The van der Waals surface area contributed by atoms with E-state index in [1.165, 1.54) is 4.90 Å². The second kappa shape index (κ2) is 5.64. The Bertz CT molecular complexity index is 917. The number of imide groups is 1. The number of fused-ring (bicyclic) bond motifs is 4. The first-order valence-electron chi connectivity index (χ1n) is 9.68. The first-order valence-corrected chi connectivity index (χ1v) is 9.68. The first kappa shape index (κ1) is 19.1. The molecule has 2 fully saturated rings. The summed E-state index contributed by atoms with van der Waals surface area (Å²) in [5.41, 5.74) is 1.28. The van der Waals surface area contributed by atoms with Gasteiger partial charge in [0.05, 0.1) is 17.9 Å². The summed E-state index contributed by atoms with van der Waals surface area (Å²) in [4.78, 5) is 41.3. The van der Waals surface area contributed by atoms with Gasteiger partial charge in [0.1, 0.15) is 5.54 Å². The second-order valence-corrected chi connectivity index (χ2v) is 9.29. The lowest BCUT2D eigenvalue weighted by Crippen LogP contribution is -2.57. The molecule has 3 N–H and O–H groups in total. The van der Waals surface area contributed by atoms with E-state index >= 15 is 0 Å². The molecule has 7 nitrogen and oxygen atoms in total. The second-order valence-electron chi connectivity index (χ2n) is 9.29. The lowest BCUT2D eigenvalue weighted by molar-refractivity contribution is -0.148. The van der Waals surface area contributed by atoms with Crippen molar-refractivity contribution in [3.8, 4) is 0 Å². The molecule has 3 amide bonds. The van der Waals surface area contributed by atoms with Crippen LogP contribution in [0.15, 0.2) is 12.1 Å². The molecule has 28 heavy (non-hydrogen) atoms. The number of carbonyl (C=O) groups is 3. The van der Waals surface area contributed by atoms with E-state index in [0.29, 0.717) is 11.3 Å². The van der Waals surface area contributed by atoms with Crippen molar-refractivity contribution in [2.45, 2.75) is 64.8 Å². The number of amides is 3. The topological polar surface area (TPSA) is 98.7 Å². The van der Waals surface area contributed by atoms with E-state index in [1.807, 2.05) is 26.0 Å². The van der Waals surface area contributed by atoms with Gasteiger partial charge in [0.25, 0.3) is 0 Å². The van der Waals surface area contributed by atoms with E-state index in [-0.39, 0.29) is 17.7 Å². The molecule has 3 aliphatic heterocycles. The number of aliphatic hydroxyl groups is 1. The number of carbonyl (C=O) groups excluding carboxylic acids is 3. The number of benzene rings is 1. The Morgan fingerprint density at radius 1 is 1.14 bits per heavy atom. The SMILES string of the molecule is Cc1ccc2c(c1C)NC(=O)C21NC(C(C)O)C2C(=O)N(C(C)(C)C)C(=O)C21. The molecule has 7 heteroatoms. The lowest BCUT2D eigenvalue weighted by atomic mass is 9.76. The van der Waals surface area contributed by atoms with Crippen molar-refractivity contribution < 1.29 is 19.5 Å². The maximum absolute atomic E-state index is 13.5. The van der Waals surface area contributed by atoms with Crippen LogP contribution in [0.4, 0.5) is 5.69 Å². The maximum Gasteiger partial charge on any atom is 0.250 e. The Balaban J connectivity index is 1.96. The highest BCUT2D eigenvalue weighted by Gasteiger charge is 2.72. The van der Waals surface area contributed by atoms with Gasteiger partial charge in [-0.2, -0.15) is 0 Å². The molecule has 0 saturated carbocycles. The largest absolute Gasteiger partial charge is 0.392 e. The van der Waals surface area contributed by atoms with Crippen molar-refractivity contribution in [1.29, 1.82) is 0 Å². The van der Waals surface area contributed by atoms with Gasteiger partial charge in [-0.1, -0.05) is 12.1 Å². The maximum atomic E-state index is 13.5. The normalized spacial score (nSPS) is 32.8. The van der Waals surface area contributed by atoms with E-state index in [1.54, 1.807) is 27.7 Å². The summed E-state index contributed by atoms with van der Waals surface area (Å²) in [6.45, 7) is 10.9. The minimum atomic E-state index is -1.35. The third kappa shape index (κ3) is 2.14. The molecule has 0 radical (unpaired) electrons. The molecule has 0 aromatic heterocycles. The molecular weight excluding hydrogens is 358 g/mol. The van der Waals surface area contributed by atoms with Crippen LogP contribution in [0.5, 0.6) is 0 Å². The zero-order valence-electron chi connectivity index (χ0n) is 17.1. The smallest absolute Gasteiger partial charge is 0.250 e. The molecule has 3 heterocycles. The molecule has 150 valence electrons. The fraction of sp³-hybridized carbons (Fsp3) is 0.571. The van der Waals surface area contributed by atoms with Crippen molar-refractivity contribution in [3.63, 3.8) is 0 Å². The van der Waals surface area contributed by atoms with Gasteiger partial charge in [-0.05, 0) is 52.7 Å². The highest BCUT2D eigenvalue weighted by molar-refractivity contribution is 6.15. The van der Waals surface area contributed by atoms with Crippen molar-refractivity contribution >= 4 is 23.4 Å². The Morgan fingerprint density at radius 2 is 1.79 bits per heavy atom. The van der Waals surface area contributed by atoms with Crippen LogP contribution in [0.1, 0.15) is 44.4 Å². The average Bonchev–Trinajstić information content (AvgIpc) is 3.16. The summed E-state index contributed by atoms with van der Waals surface area (Å²) < 4.78 is 0. The first-order chi connectivity index (χ1) is 12.9. The number of aryl methyl sites for hydroxylation is 1. The Morgan fingerprint density at radius 3 is 2.36 bits per heavy atom. The van der Waals surface area contributed by atoms with Gasteiger partial charge in [-0.15, -0.1) is 0 Å². The summed E-state index contributed by atoms with van der Waals surface area (Å²) in [5, 5.41) is 16.6. The number of anilines is 1. The van der Waals surface area contributed by atoms with Gasteiger partial charge in [0.2, 0.25) is 17.7 Å². The Labute approximate surface area is 164 Å². The number of rotatable bonds is 1. The molecule has 1 aromatic rings. The Kier molecular flexibility index (Phi) is 3.84. The van der Waals surface area contributed by atoms with Crippen LogP contribution in [0.2, 0.25) is 0 Å². The van der Waals surface area contributed by atoms with E-state index in [0.717, 1.165) is 11.1 Å². The van der Waals surface area contributed by atoms with Crippen LogP contribution in [0.25, 0.3) is 0 Å². The monoisotopic (exact) mass is 385 g/mol. The zero-order chi connectivity index (χ0) is 20.8. The quantitative estimate of drug-likeness (QED) is 0.631. The van der Waals surface area contributed by atoms with Crippen LogP contribution in [0, 0.1) is 25.7 Å². The van der Waals surface area contributed by atoms with Gasteiger partial charge in [-0.3, -0.25) is 24.6 Å². The fourth-order valence-electron chi connectivity index (χ4n) is 5.12. The van der Waals surface area contributed by atoms with Crippen LogP contribution in [-0.4, -0.2) is 45.4 Å². The van der Waals surface area contributed by atoms with Crippen molar-refractivity contribution in [3.05, 3.63) is 28.8 Å². The summed E-state index contributed by atoms with van der Waals surface area (Å²) in [5.74, 6) is -2.71. The molecule has 4 rings (SSSR count). The predicted molar refractivity (Wildman–Crippen MR) is 103 cm³/mol. The molecule has 0 aliphatic carbocycles. The van der Waals surface area contributed by atoms with Crippen molar-refractivity contribution in [2.24, 2.45) is 11.8 Å². The van der Waals surface area contributed by atoms with Crippen molar-refractivity contribution in [1.82, 2.24) is 10.2 Å². The van der Waals surface area contributed by atoms with Crippen LogP contribution in [-0.2, 0) is 19.9 Å². The van der Waals surface area contributed by atoms with Crippen molar-refractivity contribution in [2.75, 3.05) is 5.32 Å². The van der Waals surface area contributed by atoms with Crippen LogP contribution in [0.3, 0.4) is 0 Å². The molecule has 2 saturated heterocycles. The number of likely N-dealkylation sites (tertiary alicyclic amines) is 1. The summed E-state index contributed by atoms with van der Waals surface area (Å²) >= 11 is 0. The van der Waals surface area contributed by atoms with Gasteiger partial charge in [0, 0.05) is 22.8 Å². The zero-order valence-corrected chi connectivity index (χ0v) is 17.1. The summed E-state index contributed by atoms with van der Waals surface area (Å²) in [7, 11) is 0. The van der Waals surface area contributed by atoms with E-state index in [9.17, 15) is 19.5 Å². The average molecular weight is 385 g/mol. The number of aliphatic hydroxyl groups excluding tert-OH is 1. The minimum Gasteiger partial charge on any atom is -0.392 e. The standard InChI is InChI=1S/C21H27N3O4/c1-9-7-8-12-15(10(9)2)22-19(28)21(12)14-13(16(23-21)11(3)25)17(26)24(18(14)27)20(4,5)6/h7-8,11,13-14,16,23,25H,1-6H3,(H,22,28). The summed E-state index contributed by atoms with van der Waals surface area (Å²) in [6.07, 6.45) is -0.896. The molecular formula is C21H27N3O4. The molecule has 0 bridgehead atoms. The molecule has 5 atom stereocenters. The highest BCUT2D eigenvalue weighted by atomic mass is 16.3. The third-order valence-corrected chi connectivity index (χ3v) is 6.55. The minimum absolute atomic E-state index is 0.331. The molecule has 5 unspecified atom stereocenters. The Hall–Kier alpha value is -2.25. The number of hydrogen-bond acceptors (Lipinski definition) is 5. The van der Waals surface area contributed by atoms with Gasteiger partial charge in [-0.25, -0.2) is 0 Å². The van der Waals surface area contributed by atoms with Gasteiger partial charge >= 0.3 is 0 Å². The van der Waals surface area contributed by atoms with E-state index in [2.05, 4.69) is 10.6 Å². The number of hydrogen-bond donors (Lipinski definition) is 3. The molecule has 1 spiro atoms. The van der Waals surface area contributed by atoms with Crippen LogP contribution < -0.4 is 10.6 Å².